The Morgan fingerprint density at radius 1 is 0.657 bits per heavy atom. The van der Waals surface area contributed by atoms with E-state index in [0.717, 1.165) is 12.1 Å². The van der Waals surface area contributed by atoms with E-state index in [2.05, 4.69) is 0 Å². The quantitative estimate of drug-likeness (QED) is 0.183. The molecule has 0 fully saturated rings. The maximum atomic E-state index is 13.8. The van der Waals surface area contributed by atoms with E-state index in [1.807, 2.05) is 27.7 Å². The highest BCUT2D eigenvalue weighted by molar-refractivity contribution is 8.06. The molecule has 11 heteroatoms. The van der Waals surface area contributed by atoms with Crippen LogP contribution >= 0.6 is 14.3 Å². The van der Waals surface area contributed by atoms with E-state index in [0.29, 0.717) is 11.6 Å². The van der Waals surface area contributed by atoms with Crippen molar-refractivity contribution in [2.75, 3.05) is 24.9 Å². The molecule has 0 aliphatic carbocycles. The standard InChI is InChI=1S/C24H32B2F6P2Si/c1-17(2)35(18(3)4,15-33(5,25)21-13-9-7-11-19(21)23(27,28)29)16-34(6,26)22-14-10-8-12-20(22)24(30,31)32/h7-14,17-18H,15-16H2,1-6H3. The van der Waals surface area contributed by atoms with E-state index < -0.39 is 45.8 Å². The fourth-order valence-electron chi connectivity index (χ4n) is 5.16. The molecular formula is C24H32B2F6P2Si. The molecule has 0 aromatic heterocycles. The van der Waals surface area contributed by atoms with E-state index in [9.17, 15) is 26.3 Å². The monoisotopic (exact) mass is 546 g/mol. The largest absolute Gasteiger partial charge is 0.420 e. The van der Waals surface area contributed by atoms with Crippen LogP contribution in [-0.2, 0) is 12.4 Å². The summed E-state index contributed by atoms with van der Waals surface area (Å²) in [7, 11) is 5.35. The maximum Gasteiger partial charge on any atom is 0.420 e. The fraction of sp³-hybridized carbons (Fsp3) is 0.500. The van der Waals surface area contributed by atoms with Gasteiger partial charge in [0.2, 0.25) is 0 Å². The van der Waals surface area contributed by atoms with Crippen LogP contribution in [0.1, 0.15) is 38.8 Å². The Kier molecular flexibility index (Phi) is 9.17. The number of rotatable bonds is 8. The second-order valence-electron chi connectivity index (χ2n) is 10.4. The molecule has 35 heavy (non-hydrogen) atoms. The maximum absolute atomic E-state index is 13.8. The summed E-state index contributed by atoms with van der Waals surface area (Å²) in [5.41, 5.74) is -1.35. The van der Waals surface area contributed by atoms with Gasteiger partial charge in [0, 0.05) is 24.9 Å². The Morgan fingerprint density at radius 2 is 0.943 bits per heavy atom. The first-order valence-corrected chi connectivity index (χ1v) is 18.9. The number of hydrogen-bond donors (Lipinski definition) is 0. The second-order valence-corrected chi connectivity index (χ2v) is 23.8. The van der Waals surface area contributed by atoms with Crippen molar-refractivity contribution >= 4 is 48.1 Å². The zero-order chi connectivity index (χ0) is 27.0. The summed E-state index contributed by atoms with van der Waals surface area (Å²) >= 11 is 0. The van der Waals surface area contributed by atoms with Crippen molar-refractivity contribution in [1.29, 1.82) is 0 Å². The smallest absolute Gasteiger partial charge is 0.300 e. The Bertz CT molecular complexity index is 938. The Morgan fingerprint density at radius 3 is 1.20 bits per heavy atom. The van der Waals surface area contributed by atoms with Crippen LogP contribution in [0, 0.1) is 0 Å². The molecule has 0 saturated heterocycles. The minimum atomic E-state index is -4.54. The molecular weight excluding hydrogens is 514 g/mol. The summed E-state index contributed by atoms with van der Waals surface area (Å²) in [6.45, 7) is 11.5. The molecule has 0 aliphatic heterocycles. The topological polar surface area (TPSA) is 0 Å². The molecule has 0 N–H and O–H groups in total. The molecule has 0 spiro atoms. The van der Waals surface area contributed by atoms with Crippen LogP contribution in [0.4, 0.5) is 26.3 Å². The molecule has 0 aliphatic rings. The lowest BCUT2D eigenvalue weighted by Gasteiger charge is -2.51. The van der Waals surface area contributed by atoms with Gasteiger partial charge >= 0.3 is 12.4 Å². The first-order chi connectivity index (χ1) is 15.8. The minimum absolute atomic E-state index is 0.0596. The van der Waals surface area contributed by atoms with Gasteiger partial charge in [-0.1, -0.05) is 52.0 Å². The highest BCUT2D eigenvalue weighted by atomic mass is 31.2. The third-order valence-corrected chi connectivity index (χ3v) is 24.6. The molecule has 0 heterocycles. The van der Waals surface area contributed by atoms with Gasteiger partial charge in [-0.3, -0.25) is 0 Å². The Balaban J connectivity index is 2.64. The van der Waals surface area contributed by atoms with E-state index >= 15 is 0 Å². The molecule has 0 saturated carbocycles. The average Bonchev–Trinajstić information content (AvgIpc) is 2.71. The van der Waals surface area contributed by atoms with Gasteiger partial charge < -0.3 is 15.1 Å². The SMILES string of the molecule is [B-][P+](C)(C[Si](C[P+]([B-])(C)c1ccccc1C(F)(F)F)(C(C)C)C(C)C)c1ccccc1C(F)(F)F. The van der Waals surface area contributed by atoms with Gasteiger partial charge in [0.05, 0.1) is 21.7 Å². The van der Waals surface area contributed by atoms with Crippen LogP contribution in [-0.4, -0.2) is 48.1 Å². The van der Waals surface area contributed by atoms with Crippen LogP contribution in [0.25, 0.3) is 0 Å². The molecule has 2 unspecified atom stereocenters. The molecule has 0 nitrogen and oxygen atoms in total. The first kappa shape index (κ1) is 30.5. The zero-order valence-electron chi connectivity index (χ0n) is 21.0. The highest BCUT2D eigenvalue weighted by Gasteiger charge is 2.50. The lowest BCUT2D eigenvalue weighted by molar-refractivity contribution is -0.137. The molecule has 2 atom stereocenters. The first-order valence-electron chi connectivity index (χ1n) is 11.4. The lowest BCUT2D eigenvalue weighted by Crippen LogP contribution is -2.53. The summed E-state index contributed by atoms with van der Waals surface area (Å²) < 4.78 is 83.0. The minimum Gasteiger partial charge on any atom is -0.300 e. The number of halogens is 6. The van der Waals surface area contributed by atoms with E-state index in [4.69, 9.17) is 15.1 Å². The molecule has 2 aromatic rings. The van der Waals surface area contributed by atoms with Gasteiger partial charge in [0.25, 0.3) is 0 Å². The van der Waals surface area contributed by atoms with Crippen molar-refractivity contribution in [2.45, 2.75) is 51.1 Å². The van der Waals surface area contributed by atoms with Crippen LogP contribution in [0.2, 0.25) is 11.1 Å². The van der Waals surface area contributed by atoms with Crippen molar-refractivity contribution in [3.05, 3.63) is 59.7 Å². The highest BCUT2D eigenvalue weighted by Crippen LogP contribution is 2.62. The van der Waals surface area contributed by atoms with E-state index in [-0.39, 0.29) is 21.7 Å². The molecule has 2 aromatic carbocycles. The van der Waals surface area contributed by atoms with Crippen LogP contribution in [0.15, 0.2) is 48.5 Å². The van der Waals surface area contributed by atoms with Gasteiger partial charge in [0.1, 0.15) is 8.07 Å². The van der Waals surface area contributed by atoms with Crippen molar-refractivity contribution < 1.29 is 26.3 Å². The third-order valence-electron chi connectivity index (χ3n) is 7.06. The lowest BCUT2D eigenvalue weighted by atomic mass is 10.2. The number of benzene rings is 2. The molecule has 6 radical (unpaired) electrons. The number of alkyl halides is 6. The summed E-state index contributed by atoms with van der Waals surface area (Å²) in [6, 6.07) is 10.8. The Hall–Kier alpha value is -0.773. The van der Waals surface area contributed by atoms with Gasteiger partial charge in [-0.05, 0) is 35.3 Å². The predicted octanol–water partition coefficient (Wildman–Crippen LogP) is 7.48. The summed E-state index contributed by atoms with van der Waals surface area (Å²) in [5, 5.41) is 0.219. The summed E-state index contributed by atoms with van der Waals surface area (Å²) in [6.07, 6.45) is -9.09. The normalized spacial score (nSPS) is 16.9. The van der Waals surface area contributed by atoms with Crippen molar-refractivity contribution in [2.24, 2.45) is 0 Å². The number of hydrogen-bond acceptors (Lipinski definition) is 0. The van der Waals surface area contributed by atoms with E-state index in [1.165, 1.54) is 24.3 Å². The molecule has 0 bridgehead atoms. The summed E-state index contributed by atoms with van der Waals surface area (Å²) in [5.74, 6) is 0.757. The van der Waals surface area contributed by atoms with Gasteiger partial charge in [-0.15, -0.1) is 0 Å². The zero-order valence-corrected chi connectivity index (χ0v) is 23.8. The van der Waals surface area contributed by atoms with Crippen LogP contribution in [0.5, 0.6) is 0 Å². The van der Waals surface area contributed by atoms with Gasteiger partial charge in [-0.25, -0.2) is 14.3 Å². The van der Waals surface area contributed by atoms with Crippen molar-refractivity contribution in [3.8, 4) is 0 Å². The third kappa shape index (κ3) is 6.76. The van der Waals surface area contributed by atoms with Gasteiger partial charge in [0.15, 0.2) is 0 Å². The van der Waals surface area contributed by atoms with Crippen LogP contribution < -0.4 is 10.6 Å². The Labute approximate surface area is 210 Å². The summed E-state index contributed by atoms with van der Waals surface area (Å²) in [4.78, 5) is 0. The average molecular weight is 546 g/mol. The van der Waals surface area contributed by atoms with Crippen molar-refractivity contribution in [3.63, 3.8) is 0 Å². The molecule has 190 valence electrons. The second kappa shape index (κ2) is 10.5. The fourth-order valence-corrected chi connectivity index (χ4v) is 27.1. The van der Waals surface area contributed by atoms with Gasteiger partial charge in [-0.2, -0.15) is 26.3 Å². The van der Waals surface area contributed by atoms with Crippen molar-refractivity contribution in [1.82, 2.24) is 0 Å². The predicted molar refractivity (Wildman–Crippen MR) is 145 cm³/mol. The van der Waals surface area contributed by atoms with Crippen LogP contribution in [0.3, 0.4) is 0 Å². The molecule has 2 rings (SSSR count). The molecule has 0 amide bonds. The van der Waals surface area contributed by atoms with E-state index in [1.54, 1.807) is 25.5 Å².